The molecule has 6 nitrogen and oxygen atoms in total. The summed E-state index contributed by atoms with van der Waals surface area (Å²) < 4.78 is 36.2. The Kier molecular flexibility index (Phi) is 5.03. The zero-order valence-electron chi connectivity index (χ0n) is 10.8. The molecule has 2 N–H and O–H groups in total. The predicted octanol–water partition coefficient (Wildman–Crippen LogP) is -3.41. The average molecular weight is 289 g/mol. The van der Waals surface area contributed by atoms with Crippen LogP contribution in [0, 0.1) is 10.2 Å². The van der Waals surface area contributed by atoms with Gasteiger partial charge in [-0.25, -0.2) is 23.2 Å². The quantitative estimate of drug-likeness (QED) is 0.540. The minimum Gasteiger partial charge on any atom is -0.313 e. The second-order valence-electron chi connectivity index (χ2n) is 4.47. The highest BCUT2D eigenvalue weighted by atomic mass is 35.7. The van der Waals surface area contributed by atoms with Gasteiger partial charge in [-0.3, -0.25) is 0 Å². The lowest BCUT2D eigenvalue weighted by Gasteiger charge is -2.20. The summed E-state index contributed by atoms with van der Waals surface area (Å²) in [4.78, 5) is 0. The van der Waals surface area contributed by atoms with Crippen molar-refractivity contribution in [3.05, 3.63) is 35.9 Å². The van der Waals surface area contributed by atoms with Crippen LogP contribution < -0.4 is 24.4 Å². The van der Waals surface area contributed by atoms with Gasteiger partial charge in [0.05, 0.1) is 0 Å². The van der Waals surface area contributed by atoms with Gasteiger partial charge in [-0.15, -0.1) is 10.2 Å². The third-order valence-electron chi connectivity index (χ3n) is 3.35. The van der Waals surface area contributed by atoms with E-state index in [1.54, 1.807) is 0 Å². The molecule has 1 aromatic rings. The molecule has 1 aliphatic heterocycles. The van der Waals surface area contributed by atoms with Crippen molar-refractivity contribution in [2.75, 3.05) is 13.6 Å². The third-order valence-corrected chi connectivity index (χ3v) is 3.35. The molecular weight excluding hydrogens is 272 g/mol. The number of nitrogens with zero attached hydrogens (tertiary/aromatic N) is 1. The van der Waals surface area contributed by atoms with Crippen LogP contribution in [0.1, 0.15) is 18.9 Å². The van der Waals surface area contributed by atoms with Gasteiger partial charge < -0.3 is 5.73 Å². The van der Waals surface area contributed by atoms with Gasteiger partial charge in [0.2, 0.25) is 0 Å². The van der Waals surface area contributed by atoms with E-state index in [2.05, 4.69) is 42.8 Å². The Hall–Kier alpha value is -1.02. The molecule has 106 valence electrons. The van der Waals surface area contributed by atoms with Crippen molar-refractivity contribution in [2.24, 2.45) is 5.73 Å². The van der Waals surface area contributed by atoms with Gasteiger partial charge in [-0.2, -0.15) is 0 Å². The first-order valence-electron chi connectivity index (χ1n) is 5.66. The van der Waals surface area contributed by atoms with Crippen molar-refractivity contribution in [1.82, 2.24) is 0 Å². The maximum Gasteiger partial charge on any atom is 0.173 e. The summed E-state index contributed by atoms with van der Waals surface area (Å²) >= 11 is 0. The fourth-order valence-corrected chi connectivity index (χ4v) is 2.12. The second-order valence-corrected chi connectivity index (χ2v) is 5.23. The van der Waals surface area contributed by atoms with E-state index < -0.39 is 10.2 Å². The van der Waals surface area contributed by atoms with Crippen LogP contribution in [-0.2, 0) is 5.54 Å². The van der Waals surface area contributed by atoms with Gasteiger partial charge in [0.1, 0.15) is 19.1 Å². The summed E-state index contributed by atoms with van der Waals surface area (Å²) in [5.74, 6) is 0. The van der Waals surface area contributed by atoms with E-state index in [1.165, 1.54) is 11.3 Å². The van der Waals surface area contributed by atoms with Crippen molar-refractivity contribution in [3.63, 3.8) is 0 Å². The van der Waals surface area contributed by atoms with Crippen molar-refractivity contribution in [2.45, 2.75) is 18.9 Å². The average Bonchev–Trinajstić information content (AvgIpc) is 2.58. The Balaban J connectivity index is 0.000000312. The fourth-order valence-electron chi connectivity index (χ4n) is 2.12. The number of hydrogen-bond donors (Lipinski definition) is 1. The molecule has 0 amide bonds. The first-order valence-corrected chi connectivity index (χ1v) is 6.89. The number of benzene rings is 1. The predicted molar refractivity (Wildman–Crippen MR) is 58.7 cm³/mol. The maximum absolute atomic E-state index is 8.49. The Morgan fingerprint density at radius 3 is 2.00 bits per heavy atom. The molecule has 0 spiro atoms. The van der Waals surface area contributed by atoms with Crippen LogP contribution in [0.2, 0.25) is 0 Å². The minimum absolute atomic E-state index is 0.240. The molecule has 0 fully saturated rings. The maximum atomic E-state index is 8.49. The van der Waals surface area contributed by atoms with Gasteiger partial charge in [0.25, 0.3) is 0 Å². The highest BCUT2D eigenvalue weighted by molar-refractivity contribution is 5.89. The van der Waals surface area contributed by atoms with Crippen LogP contribution in [0.4, 0.5) is 0 Å². The highest BCUT2D eigenvalue weighted by Crippen LogP contribution is 2.27. The van der Waals surface area contributed by atoms with Crippen molar-refractivity contribution in [3.8, 4) is 0 Å². The van der Waals surface area contributed by atoms with E-state index >= 15 is 0 Å². The van der Waals surface area contributed by atoms with Crippen LogP contribution in [0.5, 0.6) is 0 Å². The summed E-state index contributed by atoms with van der Waals surface area (Å²) in [6, 6.07) is 10.4. The normalized spacial score (nSPS) is 23.1. The molecule has 0 aromatic heterocycles. The fraction of sp³-hybridized carbons (Fsp3) is 0.417. The lowest BCUT2D eigenvalue weighted by Crippen LogP contribution is -2.68. The Bertz CT molecular complexity index is 453. The summed E-state index contributed by atoms with van der Waals surface area (Å²) in [6.07, 6.45) is 1.01. The first kappa shape index (κ1) is 16.0. The van der Waals surface area contributed by atoms with E-state index in [-0.39, 0.29) is 5.54 Å². The van der Waals surface area contributed by atoms with E-state index in [9.17, 15) is 0 Å². The minimum atomic E-state index is -4.94. The Morgan fingerprint density at radius 2 is 1.63 bits per heavy atom. The van der Waals surface area contributed by atoms with Crippen LogP contribution in [0.25, 0.3) is 0 Å². The number of hydrogen-bond acceptors (Lipinski definition) is 5. The van der Waals surface area contributed by atoms with Crippen LogP contribution >= 0.6 is 0 Å². The van der Waals surface area contributed by atoms with E-state index in [0.717, 1.165) is 13.0 Å². The lowest BCUT2D eigenvalue weighted by molar-refractivity contribution is -2.00. The molecule has 0 bridgehead atoms. The van der Waals surface area contributed by atoms with E-state index in [0.29, 0.717) is 0 Å². The second kappa shape index (κ2) is 5.96. The molecule has 0 aliphatic carbocycles. The summed E-state index contributed by atoms with van der Waals surface area (Å²) in [5.41, 5.74) is 8.69. The SMILES string of the molecule is CC1=[N+](C)CCC1(N)c1ccccc1.[O-][Cl+3]([O-])([O-])[O-]. The zero-order chi connectivity index (χ0) is 14.7. The summed E-state index contributed by atoms with van der Waals surface area (Å²) in [6.45, 7) is 3.18. The number of nitrogens with two attached hydrogens (primary N) is 1. The lowest BCUT2D eigenvalue weighted by atomic mass is 9.86. The molecular formula is C12H17ClN2O4. The summed E-state index contributed by atoms with van der Waals surface area (Å²) in [5, 5.41) is 0. The highest BCUT2D eigenvalue weighted by Gasteiger charge is 2.41. The van der Waals surface area contributed by atoms with Gasteiger partial charge in [-0.1, -0.05) is 30.3 Å². The Morgan fingerprint density at radius 1 is 1.16 bits per heavy atom. The molecule has 0 saturated heterocycles. The first-order chi connectivity index (χ1) is 8.64. The van der Waals surface area contributed by atoms with Crippen LogP contribution in [0.15, 0.2) is 30.3 Å². The molecule has 19 heavy (non-hydrogen) atoms. The van der Waals surface area contributed by atoms with Crippen LogP contribution in [-0.4, -0.2) is 23.9 Å². The van der Waals surface area contributed by atoms with Crippen molar-refractivity contribution < 1.29 is 33.5 Å². The van der Waals surface area contributed by atoms with Gasteiger partial charge in [0.15, 0.2) is 5.71 Å². The zero-order valence-corrected chi connectivity index (χ0v) is 11.6. The Labute approximate surface area is 114 Å². The smallest absolute Gasteiger partial charge is 0.173 e. The molecule has 2 rings (SSSR count). The van der Waals surface area contributed by atoms with Gasteiger partial charge >= 0.3 is 0 Å². The molecule has 1 heterocycles. The monoisotopic (exact) mass is 288 g/mol. The standard InChI is InChI=1S/C12H17N2.ClHO4/c1-10-12(13,8-9-14(10)2)11-6-4-3-5-7-11;2-1(3,4)5/h3-7H,8-9,13H2,1-2H3;(H,2,3,4,5)/q+1;/p-1. The van der Waals surface area contributed by atoms with Crippen molar-refractivity contribution in [1.29, 1.82) is 0 Å². The molecule has 7 heteroatoms. The molecule has 1 atom stereocenters. The van der Waals surface area contributed by atoms with E-state index in [1.807, 2.05) is 6.07 Å². The van der Waals surface area contributed by atoms with Gasteiger partial charge in [0, 0.05) is 13.3 Å². The molecule has 1 aliphatic rings. The topological polar surface area (TPSA) is 121 Å². The molecule has 0 saturated carbocycles. The largest absolute Gasteiger partial charge is 0.313 e. The molecule has 1 aromatic carbocycles. The third kappa shape index (κ3) is 4.54. The molecule has 1 unspecified atom stereocenters. The van der Waals surface area contributed by atoms with Crippen molar-refractivity contribution >= 4 is 5.71 Å². The van der Waals surface area contributed by atoms with Gasteiger partial charge in [-0.05, 0) is 5.56 Å². The number of halogens is 1. The van der Waals surface area contributed by atoms with E-state index in [4.69, 9.17) is 24.4 Å². The molecule has 0 radical (unpaired) electrons. The number of rotatable bonds is 1. The van der Waals surface area contributed by atoms with Crippen LogP contribution in [0.3, 0.4) is 0 Å². The summed E-state index contributed by atoms with van der Waals surface area (Å²) in [7, 11) is -2.84.